The monoisotopic (exact) mass is 343 g/mol. The second-order valence-electron chi connectivity index (χ2n) is 5.90. The van der Waals surface area contributed by atoms with Crippen molar-refractivity contribution in [3.63, 3.8) is 0 Å². The van der Waals surface area contributed by atoms with Crippen molar-refractivity contribution < 1.29 is 4.74 Å². The van der Waals surface area contributed by atoms with Crippen molar-refractivity contribution in [2.45, 2.75) is 0 Å². The molecule has 0 aromatic carbocycles. The lowest BCUT2D eigenvalue weighted by molar-refractivity contribution is 0.122. The minimum Gasteiger partial charge on any atom is -0.378 e. The number of nitrogens with two attached hydrogens (primary N) is 1. The highest BCUT2D eigenvalue weighted by Gasteiger charge is 2.21. The molecule has 0 saturated carbocycles. The Labute approximate surface area is 145 Å². The molecule has 2 aliphatic heterocycles. The molecule has 132 valence electrons. The quantitative estimate of drug-likeness (QED) is 0.730. The van der Waals surface area contributed by atoms with Gasteiger partial charge in [-0.1, -0.05) is 0 Å². The first-order chi connectivity index (χ1) is 12.3. The first-order valence-corrected chi connectivity index (χ1v) is 8.43. The zero-order chi connectivity index (χ0) is 17.1. The summed E-state index contributed by atoms with van der Waals surface area (Å²) in [5.41, 5.74) is 6.32. The molecule has 10 heteroatoms. The van der Waals surface area contributed by atoms with Gasteiger partial charge in [0.2, 0.25) is 17.8 Å². The molecule has 2 aliphatic rings. The third-order valence-electron chi connectivity index (χ3n) is 4.21. The Hall–Kier alpha value is -2.59. The molecule has 2 aromatic rings. The summed E-state index contributed by atoms with van der Waals surface area (Å²) in [6.07, 6.45) is 1.61. The highest BCUT2D eigenvalue weighted by atomic mass is 16.5. The summed E-state index contributed by atoms with van der Waals surface area (Å²) in [6.45, 7) is 6.40. The van der Waals surface area contributed by atoms with Crippen LogP contribution in [0.3, 0.4) is 0 Å². The Morgan fingerprint density at radius 1 is 0.920 bits per heavy atom. The van der Waals surface area contributed by atoms with E-state index in [1.54, 1.807) is 12.3 Å². The maximum absolute atomic E-state index is 5.72. The Balaban J connectivity index is 1.73. The lowest BCUT2D eigenvalue weighted by Gasteiger charge is -2.30. The van der Waals surface area contributed by atoms with Crippen molar-refractivity contribution in [3.8, 4) is 11.5 Å². The molecular formula is C15H21N9O. The van der Waals surface area contributed by atoms with Crippen LogP contribution in [0.25, 0.3) is 11.5 Å². The van der Waals surface area contributed by atoms with Crippen molar-refractivity contribution in [3.05, 3.63) is 12.3 Å². The summed E-state index contributed by atoms with van der Waals surface area (Å²) in [5, 5.41) is 3.34. The summed E-state index contributed by atoms with van der Waals surface area (Å²) in [7, 11) is 0. The van der Waals surface area contributed by atoms with E-state index < -0.39 is 0 Å². The van der Waals surface area contributed by atoms with Gasteiger partial charge in [-0.25, -0.2) is 9.97 Å². The van der Waals surface area contributed by atoms with Gasteiger partial charge in [-0.3, -0.25) is 0 Å². The summed E-state index contributed by atoms with van der Waals surface area (Å²) in [5.74, 6) is 2.04. The number of nitrogens with zero attached hydrogens (tertiary/aromatic N) is 7. The van der Waals surface area contributed by atoms with Gasteiger partial charge in [-0.15, -0.1) is 0 Å². The smallest absolute Gasteiger partial charge is 0.230 e. The van der Waals surface area contributed by atoms with Crippen molar-refractivity contribution in [2.75, 3.05) is 68.0 Å². The van der Waals surface area contributed by atoms with E-state index in [1.807, 2.05) is 0 Å². The van der Waals surface area contributed by atoms with Crippen LogP contribution in [-0.2, 0) is 4.74 Å². The average Bonchev–Trinajstić information content (AvgIpc) is 2.69. The van der Waals surface area contributed by atoms with E-state index in [9.17, 15) is 0 Å². The summed E-state index contributed by atoms with van der Waals surface area (Å²) in [4.78, 5) is 26.4. The first-order valence-electron chi connectivity index (χ1n) is 8.43. The molecular weight excluding hydrogens is 322 g/mol. The number of morpholine rings is 1. The van der Waals surface area contributed by atoms with Crippen LogP contribution >= 0.6 is 0 Å². The molecule has 0 bridgehead atoms. The van der Waals surface area contributed by atoms with Crippen molar-refractivity contribution in [1.29, 1.82) is 0 Å². The summed E-state index contributed by atoms with van der Waals surface area (Å²) >= 11 is 0. The van der Waals surface area contributed by atoms with E-state index in [0.717, 1.165) is 39.3 Å². The Morgan fingerprint density at radius 2 is 1.60 bits per heavy atom. The number of nitrogen functional groups attached to an aromatic ring is 1. The second-order valence-corrected chi connectivity index (χ2v) is 5.90. The van der Waals surface area contributed by atoms with Gasteiger partial charge in [0.1, 0.15) is 5.69 Å². The van der Waals surface area contributed by atoms with Crippen LogP contribution in [0.2, 0.25) is 0 Å². The predicted molar refractivity (Wildman–Crippen MR) is 93.4 cm³/mol. The minimum atomic E-state index is 0.203. The molecule has 25 heavy (non-hydrogen) atoms. The average molecular weight is 343 g/mol. The first kappa shape index (κ1) is 15.9. The third-order valence-corrected chi connectivity index (χ3v) is 4.21. The lowest BCUT2D eigenvalue weighted by Crippen LogP contribution is -2.44. The van der Waals surface area contributed by atoms with Crippen LogP contribution in [0.5, 0.6) is 0 Å². The molecule has 0 unspecified atom stereocenters. The largest absolute Gasteiger partial charge is 0.378 e. The van der Waals surface area contributed by atoms with Crippen molar-refractivity contribution in [2.24, 2.45) is 0 Å². The number of hydrogen-bond donors (Lipinski definition) is 2. The molecule has 0 spiro atoms. The fourth-order valence-corrected chi connectivity index (χ4v) is 2.88. The predicted octanol–water partition coefficient (Wildman–Crippen LogP) is -0.843. The highest BCUT2D eigenvalue weighted by molar-refractivity contribution is 5.55. The van der Waals surface area contributed by atoms with E-state index in [2.05, 4.69) is 35.1 Å². The molecule has 0 atom stereocenters. The zero-order valence-corrected chi connectivity index (χ0v) is 13.9. The van der Waals surface area contributed by atoms with Crippen LogP contribution in [-0.4, -0.2) is 77.4 Å². The van der Waals surface area contributed by atoms with E-state index in [0.29, 0.717) is 36.6 Å². The topological polar surface area (TPSA) is 118 Å². The van der Waals surface area contributed by atoms with Gasteiger partial charge in [0.05, 0.1) is 13.2 Å². The van der Waals surface area contributed by atoms with Crippen LogP contribution in [0.15, 0.2) is 12.3 Å². The maximum Gasteiger partial charge on any atom is 0.230 e. The number of piperazine rings is 1. The van der Waals surface area contributed by atoms with Gasteiger partial charge in [-0.05, 0) is 6.07 Å². The van der Waals surface area contributed by atoms with Gasteiger partial charge in [0, 0.05) is 45.5 Å². The fraction of sp³-hybridized carbons (Fsp3) is 0.533. The molecule has 2 fully saturated rings. The maximum atomic E-state index is 5.72. The molecule has 2 saturated heterocycles. The van der Waals surface area contributed by atoms with Crippen molar-refractivity contribution in [1.82, 2.24) is 30.2 Å². The van der Waals surface area contributed by atoms with Crippen LogP contribution in [0.4, 0.5) is 17.8 Å². The highest BCUT2D eigenvalue weighted by Crippen LogP contribution is 2.21. The SMILES string of the molecule is Nc1nccc(-c2nc(N3CCNCC3)nc(N3CCOCC3)n2)n1. The fourth-order valence-electron chi connectivity index (χ4n) is 2.88. The Kier molecular flexibility index (Phi) is 4.53. The standard InChI is InChI=1S/C15H21N9O/c16-13-18-2-1-11(19-13)12-20-14(23-5-3-17-4-6-23)22-15(21-12)24-7-9-25-10-8-24/h1-2,17H,3-10H2,(H2,16,18,19). The Morgan fingerprint density at radius 3 is 2.28 bits per heavy atom. The van der Waals surface area contributed by atoms with Gasteiger partial charge >= 0.3 is 0 Å². The normalized spacial score (nSPS) is 18.4. The summed E-state index contributed by atoms with van der Waals surface area (Å²) in [6, 6.07) is 1.76. The van der Waals surface area contributed by atoms with Gasteiger partial charge in [0.25, 0.3) is 0 Å². The molecule has 3 N–H and O–H groups in total. The molecule has 4 heterocycles. The van der Waals surface area contributed by atoms with E-state index in [-0.39, 0.29) is 5.95 Å². The van der Waals surface area contributed by atoms with E-state index in [4.69, 9.17) is 15.5 Å². The van der Waals surface area contributed by atoms with E-state index in [1.165, 1.54) is 0 Å². The number of hydrogen-bond acceptors (Lipinski definition) is 10. The van der Waals surface area contributed by atoms with E-state index >= 15 is 0 Å². The van der Waals surface area contributed by atoms with Crippen molar-refractivity contribution >= 4 is 17.8 Å². The molecule has 4 rings (SSSR count). The molecule has 0 aliphatic carbocycles. The minimum absolute atomic E-state index is 0.203. The second kappa shape index (κ2) is 7.11. The molecule has 2 aromatic heterocycles. The number of rotatable bonds is 3. The molecule has 0 amide bonds. The van der Waals surface area contributed by atoms with Crippen LogP contribution < -0.4 is 20.9 Å². The Bertz CT molecular complexity index is 692. The van der Waals surface area contributed by atoms with Gasteiger partial charge in [0.15, 0.2) is 5.82 Å². The third kappa shape index (κ3) is 3.59. The number of ether oxygens (including phenoxy) is 1. The number of anilines is 3. The molecule has 10 nitrogen and oxygen atoms in total. The van der Waals surface area contributed by atoms with Gasteiger partial charge < -0.3 is 25.6 Å². The van der Waals surface area contributed by atoms with Crippen LogP contribution in [0.1, 0.15) is 0 Å². The molecule has 0 radical (unpaired) electrons. The van der Waals surface area contributed by atoms with Gasteiger partial charge in [-0.2, -0.15) is 15.0 Å². The summed E-state index contributed by atoms with van der Waals surface area (Å²) < 4.78 is 5.43. The zero-order valence-electron chi connectivity index (χ0n) is 13.9. The van der Waals surface area contributed by atoms with Crippen LogP contribution in [0, 0.1) is 0 Å². The number of nitrogens with one attached hydrogen (secondary N) is 1. The lowest BCUT2D eigenvalue weighted by atomic mass is 10.3. The number of aromatic nitrogens is 5.